The van der Waals surface area contributed by atoms with Crippen molar-refractivity contribution in [2.24, 2.45) is 23.2 Å². The first-order chi connectivity index (χ1) is 13.4. The molecule has 2 aliphatic heterocycles. The third-order valence-corrected chi connectivity index (χ3v) is 7.43. The molecular weight excluding hydrogens is 356 g/mol. The molecule has 5 atom stereocenters. The van der Waals surface area contributed by atoms with E-state index in [4.69, 9.17) is 9.47 Å². The summed E-state index contributed by atoms with van der Waals surface area (Å²) in [4.78, 5) is 28.7. The second-order valence-corrected chi connectivity index (χ2v) is 9.33. The average molecular weight is 391 g/mol. The summed E-state index contributed by atoms with van der Waals surface area (Å²) in [6, 6.07) is 0. The minimum atomic E-state index is -0.231. The maximum Gasteiger partial charge on any atom is 0.409 e. The van der Waals surface area contributed by atoms with E-state index in [1.54, 1.807) is 10.5 Å². The van der Waals surface area contributed by atoms with Crippen molar-refractivity contribution >= 4 is 12.1 Å². The van der Waals surface area contributed by atoms with Crippen LogP contribution in [0.5, 0.6) is 0 Å². The molecule has 0 aromatic carbocycles. The van der Waals surface area contributed by atoms with Crippen LogP contribution in [-0.4, -0.2) is 67.3 Å². The average Bonchev–Trinajstić information content (AvgIpc) is 2.95. The molecule has 0 spiro atoms. The highest BCUT2D eigenvalue weighted by atomic mass is 16.6. The van der Waals surface area contributed by atoms with Gasteiger partial charge in [0.25, 0.3) is 0 Å². The number of carbonyl (C=O) groups is 2. The Bertz CT molecular complexity index is 655. The van der Waals surface area contributed by atoms with Gasteiger partial charge in [-0.15, -0.1) is 0 Å². The Morgan fingerprint density at radius 2 is 2.07 bits per heavy atom. The van der Waals surface area contributed by atoms with Gasteiger partial charge in [0.1, 0.15) is 6.10 Å². The van der Waals surface area contributed by atoms with Crippen LogP contribution in [0.2, 0.25) is 0 Å². The summed E-state index contributed by atoms with van der Waals surface area (Å²) in [6.45, 7) is 10.5. The minimum Gasteiger partial charge on any atom is -0.461 e. The molecule has 156 valence electrons. The molecule has 4 rings (SSSR count). The maximum atomic E-state index is 12.7. The molecule has 0 radical (unpaired) electrons. The van der Waals surface area contributed by atoms with Gasteiger partial charge in [0.15, 0.2) is 0 Å². The first kappa shape index (κ1) is 19.7. The molecule has 6 nitrogen and oxygen atoms in total. The molecular formula is C22H34N2O4. The number of amides is 1. The number of piperazine rings is 1. The van der Waals surface area contributed by atoms with E-state index in [1.807, 2.05) is 6.92 Å². The molecule has 1 amide bonds. The fourth-order valence-electron chi connectivity index (χ4n) is 5.86. The summed E-state index contributed by atoms with van der Waals surface area (Å²) in [5.41, 5.74) is 1.77. The molecule has 0 unspecified atom stereocenters. The van der Waals surface area contributed by atoms with Crippen LogP contribution in [0.1, 0.15) is 46.5 Å². The Morgan fingerprint density at radius 3 is 2.79 bits per heavy atom. The van der Waals surface area contributed by atoms with Crippen molar-refractivity contribution in [3.63, 3.8) is 0 Å². The predicted molar refractivity (Wildman–Crippen MR) is 106 cm³/mol. The van der Waals surface area contributed by atoms with Crippen LogP contribution in [0.3, 0.4) is 0 Å². The fraction of sp³-hybridized carbons (Fsp3) is 0.818. The van der Waals surface area contributed by atoms with E-state index in [0.29, 0.717) is 25.6 Å². The van der Waals surface area contributed by atoms with Crippen molar-refractivity contribution in [3.05, 3.63) is 11.6 Å². The largest absolute Gasteiger partial charge is 0.461 e. The van der Waals surface area contributed by atoms with Gasteiger partial charge in [0.2, 0.25) is 0 Å². The minimum absolute atomic E-state index is 0.0328. The molecule has 2 heterocycles. The van der Waals surface area contributed by atoms with Crippen molar-refractivity contribution in [1.82, 2.24) is 9.80 Å². The van der Waals surface area contributed by atoms with E-state index in [0.717, 1.165) is 26.1 Å². The number of hydrogen-bond donors (Lipinski definition) is 0. The first-order valence-electron chi connectivity index (χ1n) is 11.0. The van der Waals surface area contributed by atoms with Crippen LogP contribution >= 0.6 is 0 Å². The molecule has 2 saturated heterocycles. The lowest BCUT2D eigenvalue weighted by Crippen LogP contribution is -2.50. The number of nitrogens with zero attached hydrogens (tertiary/aromatic N) is 2. The summed E-state index contributed by atoms with van der Waals surface area (Å²) in [5, 5.41) is 0. The highest BCUT2D eigenvalue weighted by molar-refractivity contribution is 5.76. The Morgan fingerprint density at radius 1 is 1.32 bits per heavy atom. The van der Waals surface area contributed by atoms with Gasteiger partial charge in [0, 0.05) is 38.6 Å². The molecule has 0 aromatic rings. The molecule has 2 aliphatic carbocycles. The number of esters is 1. The summed E-state index contributed by atoms with van der Waals surface area (Å²) in [6.07, 6.45) is 6.95. The lowest BCUT2D eigenvalue weighted by Gasteiger charge is -2.46. The van der Waals surface area contributed by atoms with Gasteiger partial charge in [-0.1, -0.05) is 31.9 Å². The number of carbonyl (C=O) groups excluding carboxylic acids is 2. The smallest absolute Gasteiger partial charge is 0.409 e. The summed E-state index contributed by atoms with van der Waals surface area (Å²) in [7, 11) is 0. The maximum absolute atomic E-state index is 12.7. The van der Waals surface area contributed by atoms with Crippen LogP contribution in [0.15, 0.2) is 11.6 Å². The van der Waals surface area contributed by atoms with E-state index >= 15 is 0 Å². The standard InChI is InChI=1S/C22H34N2O4/c1-4-27-21(26)24-10-8-23(9-11-24)14-17-16-12-18-15(2)6-5-7-22(18,3)13-19(16)28-20(17)25/h12,15-17,19H,4-11,13-14H2,1-3H3/t15-,16-,17+,19-,22+/m1/s1. The van der Waals surface area contributed by atoms with Gasteiger partial charge in [0.05, 0.1) is 12.5 Å². The number of rotatable bonds is 3. The van der Waals surface area contributed by atoms with Gasteiger partial charge in [-0.25, -0.2) is 4.79 Å². The first-order valence-corrected chi connectivity index (χ1v) is 11.0. The van der Waals surface area contributed by atoms with Crippen LogP contribution in [0.25, 0.3) is 0 Å². The highest BCUT2D eigenvalue weighted by Crippen LogP contribution is 2.53. The number of ether oxygens (including phenoxy) is 2. The van der Waals surface area contributed by atoms with E-state index in [2.05, 4.69) is 24.8 Å². The lowest BCUT2D eigenvalue weighted by molar-refractivity contribution is -0.145. The molecule has 0 N–H and O–H groups in total. The second-order valence-electron chi connectivity index (χ2n) is 9.33. The summed E-state index contributed by atoms with van der Waals surface area (Å²) >= 11 is 0. The van der Waals surface area contributed by atoms with Crippen molar-refractivity contribution in [2.45, 2.75) is 52.6 Å². The van der Waals surface area contributed by atoms with E-state index in [-0.39, 0.29) is 35.4 Å². The third kappa shape index (κ3) is 3.56. The molecule has 28 heavy (non-hydrogen) atoms. The highest BCUT2D eigenvalue weighted by Gasteiger charge is 2.52. The van der Waals surface area contributed by atoms with Gasteiger partial charge in [-0.2, -0.15) is 0 Å². The number of hydrogen-bond acceptors (Lipinski definition) is 5. The monoisotopic (exact) mass is 390 g/mol. The number of fused-ring (bicyclic) bond motifs is 2. The Kier molecular flexibility index (Phi) is 5.43. The SMILES string of the molecule is CCOC(=O)N1CCN(C[C@@H]2C(=O)O[C@@H]3C[C@]4(C)CCC[C@@H](C)C4=C[C@H]23)CC1. The third-order valence-electron chi connectivity index (χ3n) is 7.43. The molecule has 3 fully saturated rings. The fourth-order valence-corrected chi connectivity index (χ4v) is 5.86. The van der Waals surface area contributed by atoms with Gasteiger partial charge >= 0.3 is 12.1 Å². The zero-order valence-corrected chi connectivity index (χ0v) is 17.5. The molecule has 4 aliphatic rings. The van der Waals surface area contributed by atoms with Crippen LogP contribution in [0.4, 0.5) is 4.79 Å². The lowest BCUT2D eigenvalue weighted by atomic mass is 9.59. The Labute approximate surface area is 168 Å². The van der Waals surface area contributed by atoms with E-state index in [9.17, 15) is 9.59 Å². The van der Waals surface area contributed by atoms with E-state index in [1.165, 1.54) is 19.3 Å². The van der Waals surface area contributed by atoms with Crippen LogP contribution in [-0.2, 0) is 14.3 Å². The summed E-state index contributed by atoms with van der Waals surface area (Å²) < 4.78 is 11.0. The van der Waals surface area contributed by atoms with Crippen molar-refractivity contribution in [2.75, 3.05) is 39.3 Å². The van der Waals surface area contributed by atoms with Crippen LogP contribution in [0, 0.1) is 23.2 Å². The zero-order chi connectivity index (χ0) is 19.9. The second kappa shape index (κ2) is 7.69. The molecule has 0 bridgehead atoms. The predicted octanol–water partition coefficient (Wildman–Crippen LogP) is 3.07. The Balaban J connectivity index is 1.42. The topological polar surface area (TPSA) is 59.1 Å². The Hall–Kier alpha value is -1.56. The van der Waals surface area contributed by atoms with Gasteiger partial charge in [-0.05, 0) is 37.5 Å². The van der Waals surface area contributed by atoms with Gasteiger partial charge in [-0.3, -0.25) is 9.69 Å². The molecule has 0 aromatic heterocycles. The molecule has 6 heteroatoms. The molecule has 1 saturated carbocycles. The quantitative estimate of drug-likeness (QED) is 0.547. The number of allylic oxidation sites excluding steroid dienone is 1. The van der Waals surface area contributed by atoms with Crippen molar-refractivity contribution < 1.29 is 19.1 Å². The zero-order valence-electron chi connectivity index (χ0n) is 17.5. The van der Waals surface area contributed by atoms with Crippen molar-refractivity contribution in [1.29, 1.82) is 0 Å². The normalized spacial score (nSPS) is 38.3. The van der Waals surface area contributed by atoms with Crippen LogP contribution < -0.4 is 0 Å². The summed E-state index contributed by atoms with van der Waals surface area (Å²) in [5.74, 6) is 0.711. The van der Waals surface area contributed by atoms with E-state index < -0.39 is 0 Å². The van der Waals surface area contributed by atoms with Crippen molar-refractivity contribution in [3.8, 4) is 0 Å². The van der Waals surface area contributed by atoms with Gasteiger partial charge < -0.3 is 14.4 Å².